The summed E-state index contributed by atoms with van der Waals surface area (Å²) >= 11 is 6.14. The fraction of sp³-hybridized carbons (Fsp3) is 0.381. The highest BCUT2D eigenvalue weighted by Gasteiger charge is 2.26. The molecule has 138 valence electrons. The summed E-state index contributed by atoms with van der Waals surface area (Å²) in [5.41, 5.74) is 3.33. The van der Waals surface area contributed by atoms with Gasteiger partial charge in [0.25, 0.3) is 0 Å². The Morgan fingerprint density at radius 2 is 2.12 bits per heavy atom. The number of likely N-dealkylation sites (tertiary alicyclic amines) is 1. The second kappa shape index (κ2) is 8.56. The molecule has 1 aliphatic rings. The summed E-state index contributed by atoms with van der Waals surface area (Å²) in [6, 6.07) is 13.7. The van der Waals surface area contributed by atoms with Gasteiger partial charge in [-0.3, -0.25) is 9.69 Å². The summed E-state index contributed by atoms with van der Waals surface area (Å²) in [5, 5.41) is 3.49. The smallest absolute Gasteiger partial charge is 0.228 e. The van der Waals surface area contributed by atoms with Crippen LogP contribution in [0.5, 0.6) is 5.75 Å². The highest BCUT2D eigenvalue weighted by Crippen LogP contribution is 2.28. The molecule has 1 saturated heterocycles. The third-order valence-corrected chi connectivity index (χ3v) is 5.25. The number of benzene rings is 2. The number of methoxy groups -OCH3 is 1. The van der Waals surface area contributed by atoms with E-state index >= 15 is 0 Å². The van der Waals surface area contributed by atoms with E-state index in [4.69, 9.17) is 16.3 Å². The molecule has 1 unspecified atom stereocenters. The number of carbonyl (C=O) groups is 1. The molecule has 4 nitrogen and oxygen atoms in total. The fourth-order valence-corrected chi connectivity index (χ4v) is 3.69. The molecule has 0 aliphatic carbocycles. The number of nitrogens with one attached hydrogen (secondary N) is 1. The average Bonchev–Trinajstić information content (AvgIpc) is 2.64. The van der Waals surface area contributed by atoms with Gasteiger partial charge in [0.15, 0.2) is 0 Å². The number of amides is 1. The summed E-state index contributed by atoms with van der Waals surface area (Å²) < 4.78 is 5.15. The number of nitrogens with zero attached hydrogens (tertiary/aromatic N) is 1. The first-order chi connectivity index (χ1) is 12.6. The molecular formula is C21H25ClN2O2. The molecule has 3 rings (SSSR count). The summed E-state index contributed by atoms with van der Waals surface area (Å²) in [6.45, 7) is 4.85. The molecule has 0 bridgehead atoms. The van der Waals surface area contributed by atoms with E-state index in [0.29, 0.717) is 16.5 Å². The van der Waals surface area contributed by atoms with E-state index in [2.05, 4.69) is 41.4 Å². The zero-order valence-electron chi connectivity index (χ0n) is 15.3. The predicted molar refractivity (Wildman–Crippen MR) is 106 cm³/mol. The summed E-state index contributed by atoms with van der Waals surface area (Å²) in [6.07, 6.45) is 1.95. The second-order valence-electron chi connectivity index (χ2n) is 6.84. The van der Waals surface area contributed by atoms with Gasteiger partial charge in [-0.05, 0) is 55.6 Å². The molecule has 2 aromatic rings. The normalized spacial score (nSPS) is 17.7. The summed E-state index contributed by atoms with van der Waals surface area (Å²) in [7, 11) is 1.57. The molecule has 26 heavy (non-hydrogen) atoms. The third-order valence-electron chi connectivity index (χ3n) is 4.95. The Balaban J connectivity index is 1.61. The number of rotatable bonds is 5. The highest BCUT2D eigenvalue weighted by molar-refractivity contribution is 6.32. The molecule has 0 saturated carbocycles. The van der Waals surface area contributed by atoms with E-state index < -0.39 is 0 Å². The Morgan fingerprint density at radius 1 is 1.31 bits per heavy atom. The van der Waals surface area contributed by atoms with Crippen molar-refractivity contribution in [2.75, 3.05) is 25.5 Å². The van der Waals surface area contributed by atoms with Gasteiger partial charge in [0.1, 0.15) is 5.75 Å². The van der Waals surface area contributed by atoms with Crippen molar-refractivity contribution >= 4 is 23.2 Å². The molecular weight excluding hydrogens is 348 g/mol. The lowest BCUT2D eigenvalue weighted by Crippen LogP contribution is -2.40. The molecule has 1 aliphatic heterocycles. The monoisotopic (exact) mass is 372 g/mol. The minimum absolute atomic E-state index is 0.00588. The molecule has 0 aromatic heterocycles. The van der Waals surface area contributed by atoms with Gasteiger partial charge in [-0.2, -0.15) is 0 Å². The van der Waals surface area contributed by atoms with E-state index in [1.807, 2.05) is 6.07 Å². The number of ether oxygens (including phenoxy) is 1. The Labute approximate surface area is 160 Å². The van der Waals surface area contributed by atoms with Crippen LogP contribution in [-0.4, -0.2) is 31.0 Å². The van der Waals surface area contributed by atoms with Crippen LogP contribution in [0.25, 0.3) is 0 Å². The number of carbonyl (C=O) groups excluding carboxylic acids is 1. The van der Waals surface area contributed by atoms with Gasteiger partial charge < -0.3 is 10.1 Å². The molecule has 0 spiro atoms. The van der Waals surface area contributed by atoms with E-state index in [9.17, 15) is 4.79 Å². The first-order valence-electron chi connectivity index (χ1n) is 8.98. The van der Waals surface area contributed by atoms with Crippen molar-refractivity contribution in [2.24, 2.45) is 5.92 Å². The van der Waals surface area contributed by atoms with Crippen molar-refractivity contribution in [3.63, 3.8) is 0 Å². The predicted octanol–water partition coefficient (Wildman–Crippen LogP) is 4.51. The van der Waals surface area contributed by atoms with Crippen LogP contribution >= 0.6 is 11.6 Å². The van der Waals surface area contributed by atoms with Gasteiger partial charge in [0.2, 0.25) is 5.91 Å². The van der Waals surface area contributed by atoms with Crippen LogP contribution < -0.4 is 10.1 Å². The second-order valence-corrected chi connectivity index (χ2v) is 7.25. The van der Waals surface area contributed by atoms with Crippen LogP contribution in [0.1, 0.15) is 24.0 Å². The minimum Gasteiger partial charge on any atom is -0.495 e. The Morgan fingerprint density at radius 3 is 2.85 bits per heavy atom. The van der Waals surface area contributed by atoms with Crippen molar-refractivity contribution in [3.8, 4) is 5.75 Å². The lowest BCUT2D eigenvalue weighted by Gasteiger charge is -2.32. The van der Waals surface area contributed by atoms with Gasteiger partial charge in [-0.15, -0.1) is 0 Å². The van der Waals surface area contributed by atoms with Crippen LogP contribution in [-0.2, 0) is 11.3 Å². The van der Waals surface area contributed by atoms with E-state index in [1.54, 1.807) is 19.2 Å². The van der Waals surface area contributed by atoms with E-state index in [0.717, 1.165) is 32.5 Å². The number of hydrogen-bond donors (Lipinski definition) is 1. The maximum absolute atomic E-state index is 12.7. The number of halogens is 1. The van der Waals surface area contributed by atoms with Crippen LogP contribution in [0.3, 0.4) is 0 Å². The van der Waals surface area contributed by atoms with Crippen molar-refractivity contribution < 1.29 is 9.53 Å². The first-order valence-corrected chi connectivity index (χ1v) is 9.36. The quantitative estimate of drug-likeness (QED) is 0.839. The van der Waals surface area contributed by atoms with Crippen molar-refractivity contribution in [2.45, 2.75) is 26.3 Å². The lowest BCUT2D eigenvalue weighted by molar-refractivity contribution is -0.121. The molecule has 0 radical (unpaired) electrons. The Hall–Kier alpha value is -2.04. The maximum Gasteiger partial charge on any atom is 0.228 e. The van der Waals surface area contributed by atoms with Crippen molar-refractivity contribution in [1.29, 1.82) is 0 Å². The van der Waals surface area contributed by atoms with Crippen molar-refractivity contribution in [1.82, 2.24) is 4.90 Å². The molecule has 1 fully saturated rings. The average molecular weight is 373 g/mol. The van der Waals surface area contributed by atoms with E-state index in [1.165, 1.54) is 11.1 Å². The Bertz CT molecular complexity index is 778. The number of anilines is 1. The zero-order chi connectivity index (χ0) is 18.5. The van der Waals surface area contributed by atoms with Gasteiger partial charge in [0.05, 0.1) is 18.1 Å². The van der Waals surface area contributed by atoms with E-state index in [-0.39, 0.29) is 11.8 Å². The topological polar surface area (TPSA) is 41.6 Å². The van der Waals surface area contributed by atoms with Gasteiger partial charge >= 0.3 is 0 Å². The number of piperidine rings is 1. The van der Waals surface area contributed by atoms with Crippen LogP contribution in [0.2, 0.25) is 5.02 Å². The minimum atomic E-state index is -0.00588. The van der Waals surface area contributed by atoms with Crippen molar-refractivity contribution in [3.05, 3.63) is 58.6 Å². The molecule has 1 N–H and O–H groups in total. The molecule has 1 heterocycles. The van der Waals surface area contributed by atoms with Crippen LogP contribution in [0, 0.1) is 12.8 Å². The standard InChI is InChI=1S/C21H25ClN2O2/c1-15-6-3-4-7-16(15)13-24-11-5-8-17(14-24)21(25)23-18-9-10-20(26-2)19(22)12-18/h3-4,6-7,9-10,12,17H,5,8,11,13-14H2,1-2H3,(H,23,25). The van der Waals surface area contributed by atoms with Gasteiger partial charge in [0, 0.05) is 18.8 Å². The van der Waals surface area contributed by atoms with Gasteiger partial charge in [-0.1, -0.05) is 35.9 Å². The fourth-order valence-electron chi connectivity index (χ4n) is 3.43. The Kier molecular flexibility index (Phi) is 6.17. The lowest BCUT2D eigenvalue weighted by atomic mass is 9.96. The van der Waals surface area contributed by atoms with Crippen LogP contribution in [0.4, 0.5) is 5.69 Å². The van der Waals surface area contributed by atoms with Crippen LogP contribution in [0.15, 0.2) is 42.5 Å². The zero-order valence-corrected chi connectivity index (χ0v) is 16.1. The summed E-state index contributed by atoms with van der Waals surface area (Å²) in [5.74, 6) is 0.654. The summed E-state index contributed by atoms with van der Waals surface area (Å²) in [4.78, 5) is 15.1. The molecule has 2 aromatic carbocycles. The molecule has 1 amide bonds. The molecule has 5 heteroatoms. The largest absolute Gasteiger partial charge is 0.495 e. The first kappa shape index (κ1) is 18.7. The maximum atomic E-state index is 12.7. The SMILES string of the molecule is COc1ccc(NC(=O)C2CCCN(Cc3ccccc3C)C2)cc1Cl. The number of hydrogen-bond acceptors (Lipinski definition) is 3. The third kappa shape index (κ3) is 4.57. The van der Waals surface area contributed by atoms with Gasteiger partial charge in [-0.25, -0.2) is 0 Å². The number of aryl methyl sites for hydroxylation is 1. The highest BCUT2D eigenvalue weighted by atomic mass is 35.5. The molecule has 1 atom stereocenters.